The maximum Gasteiger partial charge on any atom is 0.488 e. The third-order valence-electron chi connectivity index (χ3n) is 3.19. The molecule has 0 aromatic heterocycles. The van der Waals surface area contributed by atoms with Crippen molar-refractivity contribution in [3.8, 4) is 0 Å². The van der Waals surface area contributed by atoms with Crippen molar-refractivity contribution in [2.75, 3.05) is 0 Å². The van der Waals surface area contributed by atoms with Gasteiger partial charge in [-0.2, -0.15) is 0 Å². The molecule has 0 atom stereocenters. The van der Waals surface area contributed by atoms with E-state index in [1.54, 1.807) is 24.3 Å². The van der Waals surface area contributed by atoms with Gasteiger partial charge in [0.05, 0.1) is 0 Å². The van der Waals surface area contributed by atoms with Crippen molar-refractivity contribution in [3.63, 3.8) is 0 Å². The first kappa shape index (κ1) is 15.9. The first-order valence-electron chi connectivity index (χ1n) is 7.00. The first-order chi connectivity index (χ1) is 9.00. The Hall–Kier alpha value is -1.13. The molecule has 104 valence electrons. The van der Waals surface area contributed by atoms with E-state index >= 15 is 0 Å². The minimum atomic E-state index is -1.52. The van der Waals surface area contributed by atoms with Crippen LogP contribution in [-0.4, -0.2) is 22.9 Å². The highest BCUT2D eigenvalue weighted by atomic mass is 16.4. The Morgan fingerprint density at radius 2 is 1.95 bits per heavy atom. The number of hydrogen-bond acceptors (Lipinski definition) is 3. The second kappa shape index (κ2) is 8.13. The van der Waals surface area contributed by atoms with E-state index in [9.17, 15) is 4.79 Å². The summed E-state index contributed by atoms with van der Waals surface area (Å²) in [4.78, 5) is 12.0. The molecule has 0 amide bonds. The van der Waals surface area contributed by atoms with Gasteiger partial charge in [-0.3, -0.25) is 4.79 Å². The quantitative estimate of drug-likeness (QED) is 0.429. The van der Waals surface area contributed by atoms with Crippen LogP contribution in [0.4, 0.5) is 0 Å². The van der Waals surface area contributed by atoms with Crippen LogP contribution in [0.25, 0.3) is 0 Å². The van der Waals surface area contributed by atoms with Crippen molar-refractivity contribution in [3.05, 3.63) is 29.8 Å². The van der Waals surface area contributed by atoms with Gasteiger partial charge in [-0.1, -0.05) is 57.4 Å². The summed E-state index contributed by atoms with van der Waals surface area (Å²) in [5.74, 6) is 0.797. The molecule has 0 radical (unpaired) electrons. The number of rotatable bonds is 8. The number of hydrogen-bond donors (Lipinski definition) is 2. The van der Waals surface area contributed by atoms with Crippen LogP contribution in [0.2, 0.25) is 0 Å². The van der Waals surface area contributed by atoms with E-state index in [0.717, 1.165) is 18.8 Å². The van der Waals surface area contributed by atoms with Crippen LogP contribution in [-0.2, 0) is 0 Å². The van der Waals surface area contributed by atoms with Crippen molar-refractivity contribution in [2.45, 2.75) is 46.0 Å². The van der Waals surface area contributed by atoms with Crippen LogP contribution in [0.3, 0.4) is 0 Å². The SMILES string of the molecule is CC(C)CCCCCC(=O)c1cccc(B(O)O)c1. The van der Waals surface area contributed by atoms with Gasteiger partial charge in [-0.25, -0.2) is 0 Å². The summed E-state index contributed by atoms with van der Waals surface area (Å²) < 4.78 is 0. The lowest BCUT2D eigenvalue weighted by Gasteiger charge is -2.05. The topological polar surface area (TPSA) is 57.5 Å². The smallest absolute Gasteiger partial charge is 0.423 e. The van der Waals surface area contributed by atoms with Gasteiger partial charge in [0.25, 0.3) is 0 Å². The van der Waals surface area contributed by atoms with E-state index < -0.39 is 7.12 Å². The number of carbonyl (C=O) groups is 1. The van der Waals surface area contributed by atoms with Gasteiger partial charge in [-0.15, -0.1) is 0 Å². The standard InChI is InChI=1S/C15H23BO3/c1-12(2)7-4-3-5-10-15(17)13-8-6-9-14(11-13)16(18)19/h6,8-9,11-12,18-19H,3-5,7,10H2,1-2H3. The minimum Gasteiger partial charge on any atom is -0.423 e. The van der Waals surface area contributed by atoms with Crippen LogP contribution in [0.15, 0.2) is 24.3 Å². The molecule has 4 heteroatoms. The average molecular weight is 262 g/mol. The summed E-state index contributed by atoms with van der Waals surface area (Å²) in [6.45, 7) is 4.41. The Labute approximate surface area is 115 Å². The fourth-order valence-corrected chi connectivity index (χ4v) is 2.03. The number of unbranched alkanes of at least 4 members (excludes halogenated alkanes) is 2. The Morgan fingerprint density at radius 1 is 1.21 bits per heavy atom. The highest BCUT2D eigenvalue weighted by Crippen LogP contribution is 2.11. The van der Waals surface area contributed by atoms with E-state index in [1.165, 1.54) is 12.8 Å². The number of benzene rings is 1. The average Bonchev–Trinajstić information content (AvgIpc) is 2.37. The molecule has 2 N–H and O–H groups in total. The Balaban J connectivity index is 2.39. The van der Waals surface area contributed by atoms with Crippen molar-refractivity contribution in [1.29, 1.82) is 0 Å². The van der Waals surface area contributed by atoms with E-state index in [0.29, 0.717) is 17.4 Å². The first-order valence-corrected chi connectivity index (χ1v) is 7.00. The zero-order chi connectivity index (χ0) is 14.3. The molecule has 0 saturated heterocycles. The lowest BCUT2D eigenvalue weighted by Crippen LogP contribution is -2.30. The molecule has 0 spiro atoms. The van der Waals surface area contributed by atoms with E-state index in [1.807, 2.05) is 0 Å². The van der Waals surface area contributed by atoms with Crippen LogP contribution in [0.1, 0.15) is 56.3 Å². The molecule has 1 aromatic rings. The molecule has 1 rings (SSSR count). The molecule has 3 nitrogen and oxygen atoms in total. The second-order valence-electron chi connectivity index (χ2n) is 5.42. The third kappa shape index (κ3) is 6.03. The fraction of sp³-hybridized carbons (Fsp3) is 0.533. The fourth-order valence-electron chi connectivity index (χ4n) is 2.03. The lowest BCUT2D eigenvalue weighted by molar-refractivity contribution is 0.0979. The van der Waals surface area contributed by atoms with Crippen molar-refractivity contribution in [2.24, 2.45) is 5.92 Å². The molecule has 0 bridgehead atoms. The maximum atomic E-state index is 12.0. The van der Waals surface area contributed by atoms with Crippen molar-refractivity contribution in [1.82, 2.24) is 0 Å². The molecule has 0 heterocycles. The summed E-state index contributed by atoms with van der Waals surface area (Å²) in [6.07, 6.45) is 4.88. The van der Waals surface area contributed by atoms with Gasteiger partial charge in [0.15, 0.2) is 5.78 Å². The molecule has 19 heavy (non-hydrogen) atoms. The summed E-state index contributed by atoms with van der Waals surface area (Å²) in [5, 5.41) is 18.1. The Bertz CT molecular complexity index is 402. The largest absolute Gasteiger partial charge is 0.488 e. The van der Waals surface area contributed by atoms with E-state index in [-0.39, 0.29) is 5.78 Å². The van der Waals surface area contributed by atoms with Crippen LogP contribution in [0.5, 0.6) is 0 Å². The molecular formula is C15H23BO3. The molecule has 0 fully saturated rings. The van der Waals surface area contributed by atoms with E-state index in [4.69, 9.17) is 10.0 Å². The molecule has 0 aliphatic rings. The molecular weight excluding hydrogens is 239 g/mol. The highest BCUT2D eigenvalue weighted by Gasteiger charge is 2.13. The van der Waals surface area contributed by atoms with E-state index in [2.05, 4.69) is 13.8 Å². The second-order valence-corrected chi connectivity index (χ2v) is 5.42. The highest BCUT2D eigenvalue weighted by molar-refractivity contribution is 6.58. The Morgan fingerprint density at radius 3 is 2.58 bits per heavy atom. The molecule has 0 aliphatic heterocycles. The monoisotopic (exact) mass is 262 g/mol. The predicted molar refractivity (Wildman–Crippen MR) is 78.5 cm³/mol. The van der Waals surface area contributed by atoms with Crippen molar-refractivity contribution >= 4 is 18.4 Å². The zero-order valence-corrected chi connectivity index (χ0v) is 11.8. The lowest BCUT2D eigenvalue weighted by atomic mass is 9.79. The number of ketones is 1. The van der Waals surface area contributed by atoms with Gasteiger partial charge in [-0.05, 0) is 17.8 Å². The third-order valence-corrected chi connectivity index (χ3v) is 3.19. The summed E-state index contributed by atoms with van der Waals surface area (Å²) in [5.41, 5.74) is 0.931. The molecule has 0 saturated carbocycles. The predicted octanol–water partition coefficient (Wildman–Crippen LogP) is 2.16. The summed E-state index contributed by atoms with van der Waals surface area (Å²) >= 11 is 0. The summed E-state index contributed by atoms with van der Waals surface area (Å²) in [7, 11) is -1.52. The number of Topliss-reactive ketones (excluding diaryl/α,β-unsaturated/α-hetero) is 1. The molecule has 0 aliphatic carbocycles. The maximum absolute atomic E-state index is 12.0. The zero-order valence-electron chi connectivity index (χ0n) is 11.8. The normalized spacial score (nSPS) is 10.8. The van der Waals surface area contributed by atoms with Gasteiger partial charge >= 0.3 is 7.12 Å². The molecule has 0 unspecified atom stereocenters. The van der Waals surface area contributed by atoms with Gasteiger partial charge in [0.2, 0.25) is 0 Å². The van der Waals surface area contributed by atoms with Crippen LogP contribution in [0, 0.1) is 5.92 Å². The van der Waals surface area contributed by atoms with Crippen molar-refractivity contribution < 1.29 is 14.8 Å². The van der Waals surface area contributed by atoms with Crippen LogP contribution >= 0.6 is 0 Å². The summed E-state index contributed by atoms with van der Waals surface area (Å²) in [6, 6.07) is 6.56. The Kier molecular flexibility index (Phi) is 6.81. The molecule has 1 aromatic carbocycles. The minimum absolute atomic E-state index is 0.0760. The number of carbonyl (C=O) groups excluding carboxylic acids is 1. The van der Waals surface area contributed by atoms with Gasteiger partial charge in [0.1, 0.15) is 0 Å². The van der Waals surface area contributed by atoms with Gasteiger partial charge in [0, 0.05) is 12.0 Å². The van der Waals surface area contributed by atoms with Crippen LogP contribution < -0.4 is 5.46 Å². The van der Waals surface area contributed by atoms with Gasteiger partial charge < -0.3 is 10.0 Å².